The fourth-order valence-electron chi connectivity index (χ4n) is 3.19. The first kappa shape index (κ1) is 16.0. The zero-order valence-electron chi connectivity index (χ0n) is 14.4. The number of morpholine rings is 1. The van der Waals surface area contributed by atoms with Gasteiger partial charge in [-0.2, -0.15) is 4.98 Å². The molecule has 2 aromatic heterocycles. The molecule has 0 unspecified atom stereocenters. The van der Waals surface area contributed by atoms with E-state index in [4.69, 9.17) is 9.26 Å². The summed E-state index contributed by atoms with van der Waals surface area (Å²) in [6.07, 6.45) is 5.47. The van der Waals surface area contributed by atoms with Crippen LogP contribution in [0.3, 0.4) is 0 Å². The van der Waals surface area contributed by atoms with E-state index in [0.717, 1.165) is 25.3 Å². The van der Waals surface area contributed by atoms with Gasteiger partial charge in [0, 0.05) is 37.7 Å². The molecule has 1 fully saturated rings. The molecule has 0 aliphatic carbocycles. The summed E-state index contributed by atoms with van der Waals surface area (Å²) in [5.74, 6) is 1.20. The molecular weight excluding hydrogens is 318 g/mol. The first-order chi connectivity index (χ1) is 12.2. The zero-order valence-corrected chi connectivity index (χ0v) is 14.4. The molecule has 130 valence electrons. The molecule has 0 N–H and O–H groups in total. The summed E-state index contributed by atoms with van der Waals surface area (Å²) in [7, 11) is 0. The standard InChI is InChI=1S/C18H21N5O2/c1-13-9-22(11-17(24-13)18-20-14(2)21-25-18)10-15-3-5-16(6-4-15)23-8-7-19-12-23/h3-8,12-13,17H,9-11H2,1-2H3/t13-,17-/m1/s1. The van der Waals surface area contributed by atoms with Gasteiger partial charge in [-0.15, -0.1) is 0 Å². The highest BCUT2D eigenvalue weighted by atomic mass is 16.5. The van der Waals surface area contributed by atoms with Gasteiger partial charge in [-0.25, -0.2) is 4.98 Å². The number of aryl methyl sites for hydroxylation is 1. The van der Waals surface area contributed by atoms with Crippen LogP contribution >= 0.6 is 0 Å². The maximum absolute atomic E-state index is 5.97. The zero-order chi connectivity index (χ0) is 17.2. The number of imidazole rings is 1. The Morgan fingerprint density at radius 2 is 2.04 bits per heavy atom. The van der Waals surface area contributed by atoms with E-state index in [1.807, 2.05) is 17.7 Å². The fourth-order valence-corrected chi connectivity index (χ4v) is 3.19. The summed E-state index contributed by atoms with van der Waals surface area (Å²) in [5.41, 5.74) is 2.37. The van der Waals surface area contributed by atoms with Crippen molar-refractivity contribution in [3.8, 4) is 5.69 Å². The van der Waals surface area contributed by atoms with Crippen molar-refractivity contribution in [2.75, 3.05) is 13.1 Å². The molecule has 1 aromatic carbocycles. The van der Waals surface area contributed by atoms with E-state index < -0.39 is 0 Å². The van der Waals surface area contributed by atoms with Crippen LogP contribution in [0.25, 0.3) is 5.69 Å². The van der Waals surface area contributed by atoms with E-state index in [0.29, 0.717) is 11.7 Å². The van der Waals surface area contributed by atoms with E-state index >= 15 is 0 Å². The van der Waals surface area contributed by atoms with E-state index in [-0.39, 0.29) is 12.2 Å². The largest absolute Gasteiger partial charge is 0.363 e. The second-order valence-corrected chi connectivity index (χ2v) is 6.45. The highest BCUT2D eigenvalue weighted by molar-refractivity contribution is 5.34. The Morgan fingerprint density at radius 3 is 2.72 bits per heavy atom. The molecule has 7 heteroatoms. The van der Waals surface area contributed by atoms with Crippen molar-refractivity contribution in [2.24, 2.45) is 0 Å². The van der Waals surface area contributed by atoms with Crippen molar-refractivity contribution in [3.05, 3.63) is 60.3 Å². The van der Waals surface area contributed by atoms with Crippen LogP contribution in [0.1, 0.15) is 30.3 Å². The lowest BCUT2D eigenvalue weighted by Gasteiger charge is -2.35. The monoisotopic (exact) mass is 339 g/mol. The second-order valence-electron chi connectivity index (χ2n) is 6.45. The van der Waals surface area contributed by atoms with Crippen LogP contribution in [-0.2, 0) is 11.3 Å². The highest BCUT2D eigenvalue weighted by Crippen LogP contribution is 2.25. The van der Waals surface area contributed by atoms with Crippen LogP contribution < -0.4 is 0 Å². The van der Waals surface area contributed by atoms with E-state index in [9.17, 15) is 0 Å². The smallest absolute Gasteiger partial charge is 0.257 e. The Kier molecular flexibility index (Phi) is 4.33. The molecule has 1 saturated heterocycles. The average Bonchev–Trinajstić information content (AvgIpc) is 3.27. The van der Waals surface area contributed by atoms with Gasteiger partial charge in [0.1, 0.15) is 6.10 Å². The van der Waals surface area contributed by atoms with Crippen LogP contribution in [-0.4, -0.2) is 43.8 Å². The third-order valence-electron chi connectivity index (χ3n) is 4.30. The van der Waals surface area contributed by atoms with Crippen molar-refractivity contribution in [1.82, 2.24) is 24.6 Å². The molecule has 0 radical (unpaired) electrons. The normalized spacial score (nSPS) is 21.5. The molecule has 0 spiro atoms. The number of hydrogen-bond donors (Lipinski definition) is 0. The van der Waals surface area contributed by atoms with E-state index in [1.54, 1.807) is 12.5 Å². The second kappa shape index (κ2) is 6.78. The molecule has 3 heterocycles. The van der Waals surface area contributed by atoms with Crippen LogP contribution in [0.5, 0.6) is 0 Å². The van der Waals surface area contributed by atoms with Gasteiger partial charge >= 0.3 is 0 Å². The summed E-state index contributed by atoms with van der Waals surface area (Å²) < 4.78 is 13.3. The number of rotatable bonds is 4. The highest BCUT2D eigenvalue weighted by Gasteiger charge is 2.30. The predicted octanol–water partition coefficient (Wildman–Crippen LogP) is 2.53. The molecule has 0 saturated carbocycles. The Labute approximate surface area is 146 Å². The first-order valence-corrected chi connectivity index (χ1v) is 8.42. The summed E-state index contributed by atoms with van der Waals surface area (Å²) in [6.45, 7) is 6.38. The minimum absolute atomic E-state index is 0.121. The van der Waals surface area contributed by atoms with Crippen molar-refractivity contribution < 1.29 is 9.26 Å². The van der Waals surface area contributed by atoms with Crippen molar-refractivity contribution in [1.29, 1.82) is 0 Å². The number of hydrogen-bond acceptors (Lipinski definition) is 6. The van der Waals surface area contributed by atoms with E-state index in [2.05, 4.69) is 51.2 Å². The Hall–Kier alpha value is -2.51. The number of ether oxygens (including phenoxy) is 1. The SMILES string of the molecule is Cc1noc([C@H]2CN(Cc3ccc(-n4ccnc4)cc3)C[C@@H](C)O2)n1. The van der Waals surface area contributed by atoms with Crippen molar-refractivity contribution >= 4 is 0 Å². The quantitative estimate of drug-likeness (QED) is 0.727. The minimum Gasteiger partial charge on any atom is -0.363 e. The van der Waals surface area contributed by atoms with E-state index in [1.165, 1.54) is 5.56 Å². The first-order valence-electron chi connectivity index (χ1n) is 8.42. The van der Waals surface area contributed by atoms with Crippen LogP contribution in [0, 0.1) is 6.92 Å². The molecule has 1 aliphatic heterocycles. The number of benzene rings is 1. The molecule has 3 aromatic rings. The van der Waals surface area contributed by atoms with Gasteiger partial charge in [-0.05, 0) is 31.5 Å². The Morgan fingerprint density at radius 1 is 1.20 bits per heavy atom. The minimum atomic E-state index is -0.171. The van der Waals surface area contributed by atoms with Gasteiger partial charge in [0.05, 0.1) is 12.4 Å². The molecule has 25 heavy (non-hydrogen) atoms. The third kappa shape index (κ3) is 3.62. The fraction of sp³-hybridized carbons (Fsp3) is 0.389. The van der Waals surface area contributed by atoms with Gasteiger partial charge < -0.3 is 13.8 Å². The average molecular weight is 339 g/mol. The van der Waals surface area contributed by atoms with Gasteiger partial charge in [0.2, 0.25) is 0 Å². The molecule has 0 amide bonds. The molecule has 0 bridgehead atoms. The molecule has 4 rings (SSSR count). The lowest BCUT2D eigenvalue weighted by Crippen LogP contribution is -2.42. The number of aromatic nitrogens is 4. The number of nitrogens with zero attached hydrogens (tertiary/aromatic N) is 5. The van der Waals surface area contributed by atoms with Gasteiger partial charge in [-0.3, -0.25) is 4.90 Å². The lowest BCUT2D eigenvalue weighted by molar-refractivity contribution is -0.0930. The van der Waals surface area contributed by atoms with Crippen molar-refractivity contribution in [2.45, 2.75) is 32.6 Å². The lowest BCUT2D eigenvalue weighted by atomic mass is 10.1. The third-order valence-corrected chi connectivity index (χ3v) is 4.30. The Balaban J connectivity index is 1.44. The van der Waals surface area contributed by atoms with Gasteiger partial charge in [-0.1, -0.05) is 17.3 Å². The van der Waals surface area contributed by atoms with Crippen LogP contribution in [0.4, 0.5) is 0 Å². The summed E-state index contributed by atoms with van der Waals surface area (Å²) in [5, 5.41) is 3.87. The molecular formula is C18H21N5O2. The molecule has 1 aliphatic rings. The van der Waals surface area contributed by atoms with Crippen LogP contribution in [0.2, 0.25) is 0 Å². The molecule has 7 nitrogen and oxygen atoms in total. The topological polar surface area (TPSA) is 69.2 Å². The predicted molar refractivity (Wildman–Crippen MR) is 91.2 cm³/mol. The van der Waals surface area contributed by atoms with Crippen molar-refractivity contribution in [3.63, 3.8) is 0 Å². The summed E-state index contributed by atoms with van der Waals surface area (Å²) in [6, 6.07) is 8.53. The van der Waals surface area contributed by atoms with Gasteiger partial charge in [0.25, 0.3) is 5.89 Å². The summed E-state index contributed by atoms with van der Waals surface area (Å²) in [4.78, 5) is 10.8. The maximum atomic E-state index is 5.97. The maximum Gasteiger partial charge on any atom is 0.257 e. The van der Waals surface area contributed by atoms with Gasteiger partial charge in [0.15, 0.2) is 5.82 Å². The van der Waals surface area contributed by atoms with Crippen LogP contribution in [0.15, 0.2) is 47.5 Å². The summed E-state index contributed by atoms with van der Waals surface area (Å²) >= 11 is 0. The Bertz CT molecular complexity index is 812. The molecule has 2 atom stereocenters.